The second kappa shape index (κ2) is 9.88. The molecule has 0 atom stereocenters. The molecule has 0 fully saturated rings. The van der Waals surface area contributed by atoms with Crippen molar-refractivity contribution >= 4 is 29.0 Å². The molecule has 0 bridgehead atoms. The van der Waals surface area contributed by atoms with Gasteiger partial charge in [-0.3, -0.25) is 10.1 Å². The summed E-state index contributed by atoms with van der Waals surface area (Å²) in [6, 6.07) is 7.87. The van der Waals surface area contributed by atoms with E-state index >= 15 is 0 Å². The first kappa shape index (κ1) is 23.4. The Labute approximate surface area is 182 Å². The van der Waals surface area contributed by atoms with Gasteiger partial charge >= 0.3 is 12.2 Å². The van der Waals surface area contributed by atoms with E-state index in [4.69, 9.17) is 0 Å². The monoisotopic (exact) mass is 452 g/mol. The van der Waals surface area contributed by atoms with Crippen LogP contribution in [0.3, 0.4) is 0 Å². The van der Waals surface area contributed by atoms with Crippen molar-refractivity contribution in [1.82, 2.24) is 5.32 Å². The van der Waals surface area contributed by atoms with Crippen LogP contribution in [0.4, 0.5) is 35.0 Å². The van der Waals surface area contributed by atoms with Gasteiger partial charge in [0.15, 0.2) is 0 Å². The van der Waals surface area contributed by atoms with E-state index in [1.54, 1.807) is 12.1 Å². The highest BCUT2D eigenvalue weighted by atomic mass is 19.4. The van der Waals surface area contributed by atoms with Crippen LogP contribution >= 0.6 is 0 Å². The Hall–Kier alpha value is -3.31. The summed E-state index contributed by atoms with van der Waals surface area (Å²) in [5, 5.41) is 22.9. The highest BCUT2D eigenvalue weighted by Gasteiger charge is 2.30. The summed E-state index contributed by atoms with van der Waals surface area (Å²) >= 11 is 0. The summed E-state index contributed by atoms with van der Waals surface area (Å²) in [7, 11) is 0. The predicted molar refractivity (Wildman–Crippen MR) is 113 cm³/mol. The van der Waals surface area contributed by atoms with Crippen LogP contribution in [0.15, 0.2) is 42.5 Å². The molecule has 4 N–H and O–H groups in total. The minimum Gasteiger partial charge on any atom is -0.395 e. The number of β-amino-alcohol motifs (C(OH)–C–C–N with tert-alkyl or cyclic N) is 2. The Morgan fingerprint density at radius 3 is 2.22 bits per heavy atom. The average molecular weight is 452 g/mol. The molecule has 0 spiro atoms. The van der Waals surface area contributed by atoms with Crippen molar-refractivity contribution < 1.29 is 33.0 Å². The van der Waals surface area contributed by atoms with Crippen molar-refractivity contribution in [3.8, 4) is 0 Å². The number of alkyl halides is 3. The molecule has 0 radical (unpaired) electrons. The fourth-order valence-electron chi connectivity index (χ4n) is 3.48. The minimum atomic E-state index is -4.56. The molecule has 11 heteroatoms. The van der Waals surface area contributed by atoms with Crippen molar-refractivity contribution in [2.75, 3.05) is 54.5 Å². The van der Waals surface area contributed by atoms with E-state index in [1.165, 1.54) is 12.1 Å². The Balaban J connectivity index is 1.74. The van der Waals surface area contributed by atoms with Gasteiger partial charge in [0.05, 0.1) is 30.2 Å². The zero-order chi connectivity index (χ0) is 23.3. The number of hydrogen-bond acceptors (Lipinski definition) is 6. The van der Waals surface area contributed by atoms with Gasteiger partial charge in [0.2, 0.25) is 0 Å². The largest absolute Gasteiger partial charge is 0.416 e. The molecule has 8 nitrogen and oxygen atoms in total. The molecular weight excluding hydrogens is 429 g/mol. The number of amides is 3. The number of rotatable bonds is 6. The number of imide groups is 1. The van der Waals surface area contributed by atoms with Gasteiger partial charge in [-0.05, 0) is 36.4 Å². The highest BCUT2D eigenvalue weighted by Crippen LogP contribution is 2.34. The third-order valence-corrected chi connectivity index (χ3v) is 4.97. The minimum absolute atomic E-state index is 0.0443. The van der Waals surface area contributed by atoms with Crippen molar-refractivity contribution in [2.45, 2.75) is 6.18 Å². The number of fused-ring (bicyclic) bond motifs is 1. The number of nitrogens with zero attached hydrogens (tertiary/aromatic N) is 2. The molecular formula is C21H23F3N4O4. The molecule has 1 aliphatic rings. The zero-order valence-electron chi connectivity index (χ0n) is 17.0. The summed E-state index contributed by atoms with van der Waals surface area (Å²) in [6.45, 7) is 1.84. The highest BCUT2D eigenvalue weighted by molar-refractivity contribution is 6.08. The Morgan fingerprint density at radius 2 is 1.59 bits per heavy atom. The SMILES string of the molecule is O=C(NC(=O)c1ccc2c(c1)N(CCO)CCN2CCO)Nc1cccc(C(F)(F)F)c1. The first-order valence-electron chi connectivity index (χ1n) is 9.88. The van der Waals surface area contributed by atoms with Gasteiger partial charge < -0.3 is 25.3 Å². The number of aliphatic hydroxyl groups excluding tert-OH is 2. The molecule has 0 saturated carbocycles. The van der Waals surface area contributed by atoms with Gasteiger partial charge in [-0.15, -0.1) is 0 Å². The van der Waals surface area contributed by atoms with Crippen LogP contribution in [0.25, 0.3) is 0 Å². The van der Waals surface area contributed by atoms with Crippen LogP contribution < -0.4 is 20.4 Å². The topological polar surface area (TPSA) is 105 Å². The van der Waals surface area contributed by atoms with Gasteiger partial charge in [-0.1, -0.05) is 6.07 Å². The van der Waals surface area contributed by atoms with E-state index in [0.717, 1.165) is 23.9 Å². The summed E-state index contributed by atoms with van der Waals surface area (Å²) in [4.78, 5) is 28.5. The summed E-state index contributed by atoms with van der Waals surface area (Å²) < 4.78 is 38.5. The lowest BCUT2D eigenvalue weighted by atomic mass is 10.1. The third-order valence-electron chi connectivity index (χ3n) is 4.97. The Kier molecular flexibility index (Phi) is 7.21. The molecule has 1 aliphatic heterocycles. The third kappa shape index (κ3) is 5.48. The molecule has 2 aromatic rings. The van der Waals surface area contributed by atoms with Gasteiger partial charge in [0, 0.05) is 37.4 Å². The van der Waals surface area contributed by atoms with Crippen LogP contribution in [-0.2, 0) is 6.18 Å². The molecule has 172 valence electrons. The molecule has 0 aromatic heterocycles. The van der Waals surface area contributed by atoms with Crippen LogP contribution in [0.1, 0.15) is 15.9 Å². The number of aliphatic hydroxyl groups is 2. The maximum absolute atomic E-state index is 12.8. The molecule has 0 unspecified atom stereocenters. The first-order chi connectivity index (χ1) is 15.2. The van der Waals surface area contributed by atoms with Gasteiger partial charge in [0.1, 0.15) is 0 Å². The number of halogens is 3. The molecule has 32 heavy (non-hydrogen) atoms. The average Bonchev–Trinajstić information content (AvgIpc) is 2.75. The van der Waals surface area contributed by atoms with E-state index in [2.05, 4.69) is 10.6 Å². The van der Waals surface area contributed by atoms with Gasteiger partial charge in [-0.25, -0.2) is 4.79 Å². The van der Waals surface area contributed by atoms with E-state index in [-0.39, 0.29) is 24.5 Å². The van der Waals surface area contributed by atoms with Crippen LogP contribution in [0, 0.1) is 0 Å². The van der Waals surface area contributed by atoms with Crippen LogP contribution in [0.5, 0.6) is 0 Å². The number of carbonyl (C=O) groups is 2. The molecule has 3 rings (SSSR count). The van der Waals surface area contributed by atoms with Crippen molar-refractivity contribution in [3.05, 3.63) is 53.6 Å². The second-order valence-corrected chi connectivity index (χ2v) is 7.11. The molecule has 1 heterocycles. The summed E-state index contributed by atoms with van der Waals surface area (Å²) in [6.07, 6.45) is -4.56. The van der Waals surface area contributed by atoms with Crippen LogP contribution in [0.2, 0.25) is 0 Å². The van der Waals surface area contributed by atoms with Crippen molar-refractivity contribution in [2.24, 2.45) is 0 Å². The maximum atomic E-state index is 12.8. The lowest BCUT2D eigenvalue weighted by molar-refractivity contribution is -0.137. The standard InChI is InChI=1S/C21H23F3N4O4/c22-21(23,24)15-2-1-3-16(13-15)25-20(32)26-19(31)14-4-5-17-18(12-14)28(9-11-30)7-6-27(17)8-10-29/h1-5,12-13,29-30H,6-11H2,(H2,25,26,31,32). The van der Waals surface area contributed by atoms with E-state index in [1.807, 2.05) is 9.80 Å². The lowest BCUT2D eigenvalue weighted by Gasteiger charge is -2.38. The normalized spacial score (nSPS) is 13.5. The quantitative estimate of drug-likeness (QED) is 0.536. The number of urea groups is 1. The fraction of sp³-hybridized carbons (Fsp3) is 0.333. The number of nitrogens with one attached hydrogen (secondary N) is 2. The molecule has 0 saturated heterocycles. The van der Waals surface area contributed by atoms with Crippen LogP contribution in [-0.4, -0.2) is 61.5 Å². The number of anilines is 3. The smallest absolute Gasteiger partial charge is 0.395 e. The van der Waals surface area contributed by atoms with Crippen molar-refractivity contribution in [1.29, 1.82) is 0 Å². The maximum Gasteiger partial charge on any atom is 0.416 e. The number of benzene rings is 2. The number of carbonyl (C=O) groups excluding carboxylic acids is 2. The molecule has 3 amide bonds. The zero-order valence-corrected chi connectivity index (χ0v) is 17.0. The van der Waals surface area contributed by atoms with E-state index < -0.39 is 23.7 Å². The summed E-state index contributed by atoms with van der Waals surface area (Å²) in [5.41, 5.74) is 0.585. The van der Waals surface area contributed by atoms with Gasteiger partial charge in [0.25, 0.3) is 5.91 Å². The Morgan fingerprint density at radius 1 is 0.938 bits per heavy atom. The molecule has 0 aliphatic carbocycles. The van der Waals surface area contributed by atoms with E-state index in [0.29, 0.717) is 31.9 Å². The fourth-order valence-corrected chi connectivity index (χ4v) is 3.48. The summed E-state index contributed by atoms with van der Waals surface area (Å²) in [5.74, 6) is -0.736. The second-order valence-electron chi connectivity index (χ2n) is 7.11. The molecule has 2 aromatic carbocycles. The lowest BCUT2D eigenvalue weighted by Crippen LogP contribution is -2.43. The predicted octanol–water partition coefficient (Wildman–Crippen LogP) is 2.28. The van der Waals surface area contributed by atoms with E-state index in [9.17, 15) is 33.0 Å². The Bertz CT molecular complexity index is 984. The first-order valence-corrected chi connectivity index (χ1v) is 9.88. The van der Waals surface area contributed by atoms with Gasteiger partial charge in [-0.2, -0.15) is 13.2 Å². The van der Waals surface area contributed by atoms with Crippen molar-refractivity contribution in [3.63, 3.8) is 0 Å². The number of hydrogen-bond donors (Lipinski definition) is 4.